The average Bonchev–Trinajstić information content (AvgIpc) is 3.28. The van der Waals surface area contributed by atoms with Crippen molar-refractivity contribution in [3.8, 4) is 0 Å². The van der Waals surface area contributed by atoms with E-state index in [0.717, 1.165) is 44.1 Å². The van der Waals surface area contributed by atoms with Crippen LogP contribution in [0, 0.1) is 0 Å². The Bertz CT molecular complexity index is 788. The van der Waals surface area contributed by atoms with E-state index in [9.17, 15) is 4.79 Å². The summed E-state index contributed by atoms with van der Waals surface area (Å²) >= 11 is 1.79. The van der Waals surface area contributed by atoms with E-state index in [2.05, 4.69) is 42.9 Å². The quantitative estimate of drug-likeness (QED) is 0.344. The molecule has 158 valence electrons. The van der Waals surface area contributed by atoms with Crippen LogP contribution in [0.15, 0.2) is 46.8 Å². The van der Waals surface area contributed by atoms with Gasteiger partial charge in [0.2, 0.25) is 0 Å². The molecular formula is C21H30IN5OS. The second-order valence-corrected chi connectivity index (χ2v) is 7.71. The molecule has 0 saturated carbocycles. The Balaban J connectivity index is 0.00000300. The summed E-state index contributed by atoms with van der Waals surface area (Å²) < 4.78 is 0. The number of amides is 1. The molecule has 1 fully saturated rings. The smallest absolute Gasteiger partial charge is 0.251 e. The van der Waals surface area contributed by atoms with Crippen LogP contribution in [0.3, 0.4) is 0 Å². The number of rotatable bonds is 6. The van der Waals surface area contributed by atoms with Gasteiger partial charge < -0.3 is 20.4 Å². The fourth-order valence-electron chi connectivity index (χ4n) is 3.26. The van der Waals surface area contributed by atoms with Crippen molar-refractivity contribution < 1.29 is 4.79 Å². The number of aliphatic imine (C=N–C) groups is 1. The maximum absolute atomic E-state index is 12.2. The molecule has 2 N–H and O–H groups in total. The maximum Gasteiger partial charge on any atom is 0.251 e. The zero-order valence-corrected chi connectivity index (χ0v) is 20.2. The molecule has 0 spiro atoms. The maximum atomic E-state index is 12.2. The number of hydrogen-bond acceptors (Lipinski definition) is 4. The third-order valence-electron chi connectivity index (χ3n) is 4.78. The van der Waals surface area contributed by atoms with Crippen molar-refractivity contribution in [1.29, 1.82) is 0 Å². The second-order valence-electron chi connectivity index (χ2n) is 6.78. The summed E-state index contributed by atoms with van der Waals surface area (Å²) in [6.45, 7) is 7.27. The van der Waals surface area contributed by atoms with Gasteiger partial charge >= 0.3 is 0 Å². The summed E-state index contributed by atoms with van der Waals surface area (Å²) in [5.41, 5.74) is 1.77. The highest BCUT2D eigenvalue weighted by Gasteiger charge is 2.20. The second kappa shape index (κ2) is 12.0. The molecule has 1 aliphatic heterocycles. The van der Waals surface area contributed by atoms with Crippen LogP contribution in [0.2, 0.25) is 0 Å². The van der Waals surface area contributed by atoms with Gasteiger partial charge in [-0.15, -0.1) is 35.3 Å². The lowest BCUT2D eigenvalue weighted by atomic mass is 10.1. The Morgan fingerprint density at radius 2 is 1.93 bits per heavy atom. The minimum absolute atomic E-state index is 0. The van der Waals surface area contributed by atoms with E-state index in [1.807, 2.05) is 38.2 Å². The summed E-state index contributed by atoms with van der Waals surface area (Å²) in [5.74, 6) is 0.893. The summed E-state index contributed by atoms with van der Waals surface area (Å²) in [4.78, 5) is 21.3. The van der Waals surface area contributed by atoms with Gasteiger partial charge in [-0.3, -0.25) is 9.79 Å². The Morgan fingerprint density at radius 3 is 2.59 bits per heavy atom. The highest BCUT2D eigenvalue weighted by atomic mass is 127. The first-order valence-electron chi connectivity index (χ1n) is 9.82. The standard InChI is InChI=1S/C21H29N5OS.HI/c1-3-9-23-20(27)18-7-4-6-17(15-18)16-24-21(22-2)26-12-10-25(11-13-26)19-8-5-14-28-19;/h4-8,14-15H,3,9-13,16H2,1-2H3,(H,22,24)(H,23,27);1H. The minimum atomic E-state index is -0.0159. The number of thiophene rings is 1. The minimum Gasteiger partial charge on any atom is -0.360 e. The van der Waals surface area contributed by atoms with Gasteiger partial charge in [0.05, 0.1) is 5.00 Å². The van der Waals surface area contributed by atoms with Crippen molar-refractivity contribution in [2.24, 2.45) is 4.99 Å². The van der Waals surface area contributed by atoms with Crippen LogP contribution in [-0.4, -0.2) is 56.5 Å². The molecular weight excluding hydrogens is 497 g/mol. The molecule has 0 aliphatic carbocycles. The first-order chi connectivity index (χ1) is 13.7. The summed E-state index contributed by atoms with van der Waals surface area (Å²) in [6.07, 6.45) is 0.934. The molecule has 0 bridgehead atoms. The van der Waals surface area contributed by atoms with Crippen LogP contribution in [-0.2, 0) is 6.54 Å². The molecule has 0 radical (unpaired) electrons. The van der Waals surface area contributed by atoms with Gasteiger partial charge in [-0.25, -0.2) is 0 Å². The van der Waals surface area contributed by atoms with Crippen molar-refractivity contribution in [2.45, 2.75) is 19.9 Å². The number of nitrogens with one attached hydrogen (secondary N) is 2. The molecule has 8 heteroatoms. The van der Waals surface area contributed by atoms with Crippen LogP contribution >= 0.6 is 35.3 Å². The molecule has 0 atom stereocenters. The van der Waals surface area contributed by atoms with Gasteiger partial charge in [0, 0.05) is 51.9 Å². The molecule has 0 unspecified atom stereocenters. The number of carbonyl (C=O) groups excluding carboxylic acids is 1. The van der Waals surface area contributed by atoms with Crippen molar-refractivity contribution in [3.63, 3.8) is 0 Å². The Morgan fingerprint density at radius 1 is 1.14 bits per heavy atom. The molecule has 1 aliphatic rings. The lowest BCUT2D eigenvalue weighted by Gasteiger charge is -2.37. The zero-order valence-electron chi connectivity index (χ0n) is 17.1. The van der Waals surface area contributed by atoms with Gasteiger partial charge in [-0.1, -0.05) is 19.1 Å². The molecule has 2 aromatic rings. The van der Waals surface area contributed by atoms with Gasteiger partial charge in [0.1, 0.15) is 0 Å². The SMILES string of the molecule is CCCNC(=O)c1cccc(CNC(=NC)N2CCN(c3cccs3)CC2)c1.I. The first-order valence-corrected chi connectivity index (χ1v) is 10.7. The predicted molar refractivity (Wildman–Crippen MR) is 133 cm³/mol. The number of nitrogens with zero attached hydrogens (tertiary/aromatic N) is 3. The summed E-state index contributed by atoms with van der Waals surface area (Å²) in [5, 5.41) is 9.82. The van der Waals surface area contributed by atoms with Gasteiger partial charge in [0.25, 0.3) is 5.91 Å². The van der Waals surface area contributed by atoms with Crippen molar-refractivity contribution in [2.75, 3.05) is 44.7 Å². The van der Waals surface area contributed by atoms with Gasteiger partial charge in [0.15, 0.2) is 5.96 Å². The normalized spacial score (nSPS) is 14.3. The third-order valence-corrected chi connectivity index (χ3v) is 5.71. The molecule has 3 rings (SSSR count). The van der Waals surface area contributed by atoms with E-state index >= 15 is 0 Å². The monoisotopic (exact) mass is 527 g/mol. The number of guanidine groups is 1. The van der Waals surface area contributed by atoms with E-state index in [1.54, 1.807) is 11.3 Å². The number of halogens is 1. The molecule has 29 heavy (non-hydrogen) atoms. The number of piperazine rings is 1. The highest BCUT2D eigenvalue weighted by molar-refractivity contribution is 14.0. The highest BCUT2D eigenvalue weighted by Crippen LogP contribution is 2.22. The molecule has 1 amide bonds. The predicted octanol–water partition coefficient (Wildman–Crippen LogP) is 3.40. The molecule has 1 aromatic carbocycles. The van der Waals surface area contributed by atoms with Gasteiger partial charge in [-0.05, 0) is 41.6 Å². The van der Waals surface area contributed by atoms with E-state index in [4.69, 9.17) is 0 Å². The molecule has 6 nitrogen and oxygen atoms in total. The van der Waals surface area contributed by atoms with Crippen molar-refractivity contribution in [1.82, 2.24) is 15.5 Å². The molecule has 1 aromatic heterocycles. The van der Waals surface area contributed by atoms with Crippen LogP contribution < -0.4 is 15.5 Å². The van der Waals surface area contributed by atoms with Crippen LogP contribution in [0.1, 0.15) is 29.3 Å². The molecule has 1 saturated heterocycles. The van der Waals surface area contributed by atoms with E-state index in [1.165, 1.54) is 5.00 Å². The summed E-state index contributed by atoms with van der Waals surface area (Å²) in [7, 11) is 1.82. The third kappa shape index (κ3) is 6.60. The van der Waals surface area contributed by atoms with Crippen LogP contribution in [0.5, 0.6) is 0 Å². The lowest BCUT2D eigenvalue weighted by Crippen LogP contribution is -2.52. The molecule has 2 heterocycles. The number of benzene rings is 1. The van der Waals surface area contributed by atoms with E-state index < -0.39 is 0 Å². The summed E-state index contributed by atoms with van der Waals surface area (Å²) in [6, 6.07) is 12.0. The fourth-order valence-corrected chi connectivity index (χ4v) is 4.05. The van der Waals surface area contributed by atoms with Crippen molar-refractivity contribution in [3.05, 3.63) is 52.9 Å². The zero-order chi connectivity index (χ0) is 19.8. The average molecular weight is 527 g/mol. The fraction of sp³-hybridized carbons (Fsp3) is 0.429. The van der Waals surface area contributed by atoms with Crippen LogP contribution in [0.25, 0.3) is 0 Å². The van der Waals surface area contributed by atoms with E-state index in [0.29, 0.717) is 18.7 Å². The number of carbonyl (C=O) groups is 1. The number of hydrogen-bond donors (Lipinski definition) is 2. The number of anilines is 1. The van der Waals surface area contributed by atoms with Crippen molar-refractivity contribution >= 4 is 52.2 Å². The lowest BCUT2D eigenvalue weighted by molar-refractivity contribution is 0.0953. The van der Waals surface area contributed by atoms with Gasteiger partial charge in [-0.2, -0.15) is 0 Å². The first kappa shape index (κ1) is 23.5. The largest absolute Gasteiger partial charge is 0.360 e. The topological polar surface area (TPSA) is 60.0 Å². The van der Waals surface area contributed by atoms with E-state index in [-0.39, 0.29) is 29.9 Å². The Hall–Kier alpha value is -1.81. The Labute approximate surface area is 194 Å². The Kier molecular flexibility index (Phi) is 9.72. The van der Waals surface area contributed by atoms with Crippen LogP contribution in [0.4, 0.5) is 5.00 Å².